The Bertz CT molecular complexity index is 818. The summed E-state index contributed by atoms with van der Waals surface area (Å²) < 4.78 is 1.96. The van der Waals surface area contributed by atoms with Gasteiger partial charge in [-0.2, -0.15) is 5.10 Å². The number of carbonyl (C=O) groups excluding carboxylic acids is 2. The molecule has 26 heavy (non-hydrogen) atoms. The summed E-state index contributed by atoms with van der Waals surface area (Å²) >= 11 is 0. The quantitative estimate of drug-likeness (QED) is 0.876. The molecule has 2 amide bonds. The molecule has 1 aliphatic rings. The number of fused-ring (bicyclic) bond motifs is 1. The molecule has 2 N–H and O–H groups in total. The Morgan fingerprint density at radius 2 is 1.88 bits per heavy atom. The van der Waals surface area contributed by atoms with Gasteiger partial charge in [-0.05, 0) is 30.3 Å². The van der Waals surface area contributed by atoms with Crippen LogP contribution in [0.1, 0.15) is 42.5 Å². The van der Waals surface area contributed by atoms with Crippen molar-refractivity contribution in [3.05, 3.63) is 47.3 Å². The van der Waals surface area contributed by atoms with Crippen molar-refractivity contribution in [3.63, 3.8) is 0 Å². The van der Waals surface area contributed by atoms with Gasteiger partial charge >= 0.3 is 0 Å². The third kappa shape index (κ3) is 3.87. The van der Waals surface area contributed by atoms with E-state index in [4.69, 9.17) is 0 Å². The summed E-state index contributed by atoms with van der Waals surface area (Å²) in [5.41, 5.74) is 2.40. The van der Waals surface area contributed by atoms with Crippen LogP contribution in [0.3, 0.4) is 0 Å². The molecule has 3 rings (SSSR count). The monoisotopic (exact) mass is 356 g/mol. The van der Waals surface area contributed by atoms with Crippen molar-refractivity contribution in [3.8, 4) is 5.75 Å². The van der Waals surface area contributed by atoms with E-state index in [-0.39, 0.29) is 29.5 Å². The highest BCUT2D eigenvalue weighted by Gasteiger charge is 2.25. The molecule has 2 aromatic rings. The minimum Gasteiger partial charge on any atom is -0.508 e. The van der Waals surface area contributed by atoms with Gasteiger partial charge in [0.15, 0.2) is 0 Å². The van der Waals surface area contributed by atoms with Gasteiger partial charge in [0.05, 0.1) is 31.0 Å². The lowest BCUT2D eigenvalue weighted by molar-refractivity contribution is -0.131. The molecule has 0 aliphatic carbocycles. The Balaban J connectivity index is 1.58. The molecule has 138 valence electrons. The number of hydrogen-bond donors (Lipinski definition) is 2. The first-order valence-electron chi connectivity index (χ1n) is 8.66. The zero-order chi connectivity index (χ0) is 18.9. The van der Waals surface area contributed by atoms with Gasteiger partial charge in [0.1, 0.15) is 5.75 Å². The largest absolute Gasteiger partial charge is 0.508 e. The van der Waals surface area contributed by atoms with Crippen LogP contribution in [-0.2, 0) is 23.3 Å². The van der Waals surface area contributed by atoms with E-state index in [2.05, 4.69) is 37.3 Å². The number of nitrogens with zero attached hydrogens (tertiary/aromatic N) is 3. The van der Waals surface area contributed by atoms with E-state index in [9.17, 15) is 14.7 Å². The molecule has 0 spiro atoms. The second-order valence-corrected chi connectivity index (χ2v) is 7.54. The summed E-state index contributed by atoms with van der Waals surface area (Å²) in [5, 5.41) is 16.5. The SMILES string of the molecule is CC(C)(C)c1cc2n(n1)CCN(C(=O)CNC(=O)c1ccc(O)cc1)C2. The minimum atomic E-state index is -0.338. The number of aromatic hydroxyl groups is 1. The van der Waals surface area contributed by atoms with E-state index >= 15 is 0 Å². The fraction of sp³-hybridized carbons (Fsp3) is 0.421. The van der Waals surface area contributed by atoms with Crippen LogP contribution >= 0.6 is 0 Å². The van der Waals surface area contributed by atoms with Crippen LogP contribution in [0.25, 0.3) is 0 Å². The second-order valence-electron chi connectivity index (χ2n) is 7.54. The van der Waals surface area contributed by atoms with Crippen LogP contribution < -0.4 is 5.32 Å². The maximum Gasteiger partial charge on any atom is 0.251 e. The zero-order valence-electron chi connectivity index (χ0n) is 15.3. The van der Waals surface area contributed by atoms with E-state index in [1.54, 1.807) is 4.90 Å². The molecule has 1 aromatic carbocycles. The maximum absolute atomic E-state index is 12.4. The average Bonchev–Trinajstić information content (AvgIpc) is 3.03. The van der Waals surface area contributed by atoms with Crippen molar-refractivity contribution in [1.29, 1.82) is 0 Å². The first-order valence-corrected chi connectivity index (χ1v) is 8.66. The average molecular weight is 356 g/mol. The fourth-order valence-corrected chi connectivity index (χ4v) is 2.83. The molecule has 7 heteroatoms. The summed E-state index contributed by atoms with van der Waals surface area (Å²) in [6.45, 7) is 8.02. The molecule has 0 atom stereocenters. The van der Waals surface area contributed by atoms with Gasteiger partial charge in [0.2, 0.25) is 5.91 Å². The Kier molecular flexibility index (Phi) is 4.71. The second kappa shape index (κ2) is 6.82. The van der Waals surface area contributed by atoms with Gasteiger partial charge in [0, 0.05) is 17.5 Å². The molecular formula is C19H24N4O3. The normalized spacial score (nSPS) is 14.0. The number of carbonyl (C=O) groups is 2. The van der Waals surface area contributed by atoms with Gasteiger partial charge < -0.3 is 15.3 Å². The standard InChI is InChI=1S/C19H24N4O3/c1-19(2,3)16-10-14-12-22(8-9-23(14)21-16)17(25)11-20-18(26)13-4-6-15(24)7-5-13/h4-7,10,24H,8-9,11-12H2,1-3H3,(H,20,26). The van der Waals surface area contributed by atoms with Gasteiger partial charge in [0.25, 0.3) is 5.91 Å². The molecular weight excluding hydrogens is 332 g/mol. The number of benzene rings is 1. The fourth-order valence-electron chi connectivity index (χ4n) is 2.83. The number of hydrogen-bond acceptors (Lipinski definition) is 4. The summed E-state index contributed by atoms with van der Waals surface area (Å²) in [7, 11) is 0. The molecule has 0 unspecified atom stereocenters. The molecule has 1 aliphatic heterocycles. The van der Waals surface area contributed by atoms with Crippen molar-refractivity contribution < 1.29 is 14.7 Å². The van der Waals surface area contributed by atoms with Crippen molar-refractivity contribution in [2.45, 2.75) is 39.3 Å². The minimum absolute atomic E-state index is 0.0305. The number of amides is 2. The number of phenols is 1. The van der Waals surface area contributed by atoms with E-state index in [0.717, 1.165) is 11.4 Å². The van der Waals surface area contributed by atoms with Crippen molar-refractivity contribution in [1.82, 2.24) is 20.0 Å². The lowest BCUT2D eigenvalue weighted by atomic mass is 9.92. The molecule has 0 bridgehead atoms. The Labute approximate surface area is 152 Å². The van der Waals surface area contributed by atoms with Gasteiger partial charge in [-0.15, -0.1) is 0 Å². The number of aromatic nitrogens is 2. The smallest absolute Gasteiger partial charge is 0.251 e. The van der Waals surface area contributed by atoms with Gasteiger partial charge in [-0.25, -0.2) is 0 Å². The highest BCUT2D eigenvalue weighted by atomic mass is 16.3. The topological polar surface area (TPSA) is 87.5 Å². The Morgan fingerprint density at radius 3 is 2.54 bits per heavy atom. The summed E-state index contributed by atoms with van der Waals surface area (Å²) in [6, 6.07) is 7.96. The molecule has 0 saturated carbocycles. The first-order chi connectivity index (χ1) is 12.2. The van der Waals surface area contributed by atoms with Crippen molar-refractivity contribution >= 4 is 11.8 Å². The van der Waals surface area contributed by atoms with E-state index in [1.807, 2.05) is 4.68 Å². The van der Waals surface area contributed by atoms with Crippen LogP contribution in [0.15, 0.2) is 30.3 Å². The number of nitrogens with one attached hydrogen (secondary N) is 1. The van der Waals surface area contributed by atoms with Crippen LogP contribution in [0.5, 0.6) is 5.75 Å². The lowest BCUT2D eigenvalue weighted by Crippen LogP contribution is -2.43. The summed E-state index contributed by atoms with van der Waals surface area (Å²) in [6.07, 6.45) is 0. The van der Waals surface area contributed by atoms with Crippen LogP contribution in [-0.4, -0.2) is 44.7 Å². The third-order valence-corrected chi connectivity index (χ3v) is 4.45. The Morgan fingerprint density at radius 1 is 1.19 bits per heavy atom. The lowest BCUT2D eigenvalue weighted by Gasteiger charge is -2.27. The highest BCUT2D eigenvalue weighted by Crippen LogP contribution is 2.24. The Hall–Kier alpha value is -2.83. The van der Waals surface area contributed by atoms with Crippen molar-refractivity contribution in [2.24, 2.45) is 0 Å². The van der Waals surface area contributed by atoms with Crippen LogP contribution in [0, 0.1) is 0 Å². The molecule has 0 radical (unpaired) electrons. The number of rotatable bonds is 3. The first kappa shape index (κ1) is 18.0. The zero-order valence-corrected chi connectivity index (χ0v) is 15.3. The van der Waals surface area contributed by atoms with Gasteiger partial charge in [-0.1, -0.05) is 20.8 Å². The van der Waals surface area contributed by atoms with E-state index in [1.165, 1.54) is 24.3 Å². The van der Waals surface area contributed by atoms with E-state index < -0.39 is 0 Å². The molecule has 0 saturated heterocycles. The molecule has 2 heterocycles. The van der Waals surface area contributed by atoms with Crippen LogP contribution in [0.2, 0.25) is 0 Å². The van der Waals surface area contributed by atoms with E-state index in [0.29, 0.717) is 25.2 Å². The highest BCUT2D eigenvalue weighted by molar-refractivity contribution is 5.96. The van der Waals surface area contributed by atoms with Gasteiger partial charge in [-0.3, -0.25) is 14.3 Å². The maximum atomic E-state index is 12.4. The predicted molar refractivity (Wildman–Crippen MR) is 96.8 cm³/mol. The molecule has 0 fully saturated rings. The predicted octanol–water partition coefficient (Wildman–Crippen LogP) is 1.66. The van der Waals surface area contributed by atoms with Crippen molar-refractivity contribution in [2.75, 3.05) is 13.1 Å². The molecule has 7 nitrogen and oxygen atoms in total. The summed E-state index contributed by atoms with van der Waals surface area (Å²) in [5.74, 6) is -0.366. The number of phenolic OH excluding ortho intramolecular Hbond substituents is 1. The third-order valence-electron chi connectivity index (χ3n) is 4.45. The molecule has 1 aromatic heterocycles. The summed E-state index contributed by atoms with van der Waals surface area (Å²) in [4.78, 5) is 26.3. The van der Waals surface area contributed by atoms with Crippen LogP contribution in [0.4, 0.5) is 0 Å².